The molecule has 1 amide bonds. The highest BCUT2D eigenvalue weighted by atomic mass is 35.5. The molecule has 1 aromatic carbocycles. The van der Waals surface area contributed by atoms with Gasteiger partial charge in [0.15, 0.2) is 5.78 Å². The topological polar surface area (TPSA) is 98.7 Å². The smallest absolute Gasteiger partial charge is 0.220 e. The fraction of sp³-hybridized carbons (Fsp3) is 0.556. The number of rotatable bonds is 8. The van der Waals surface area contributed by atoms with Crippen LogP contribution < -0.4 is 16.2 Å². The van der Waals surface area contributed by atoms with Gasteiger partial charge in [0.1, 0.15) is 5.75 Å². The zero-order valence-electron chi connectivity index (χ0n) is 14.9. The van der Waals surface area contributed by atoms with Crippen LogP contribution in [-0.4, -0.2) is 49.4 Å². The number of ether oxygens (including phenoxy) is 1. The number of benzene rings is 1. The highest BCUT2D eigenvalue weighted by molar-refractivity contribution is 6.31. The first-order valence-corrected chi connectivity index (χ1v) is 8.95. The van der Waals surface area contributed by atoms with E-state index in [0.29, 0.717) is 22.8 Å². The highest BCUT2D eigenvalue weighted by Gasteiger charge is 2.24. The van der Waals surface area contributed by atoms with E-state index in [4.69, 9.17) is 27.8 Å². The van der Waals surface area contributed by atoms with Gasteiger partial charge in [-0.3, -0.25) is 9.59 Å². The minimum Gasteiger partial charge on any atom is -0.496 e. The monoisotopic (exact) mass is 403 g/mol. The fourth-order valence-electron chi connectivity index (χ4n) is 3.18. The van der Waals surface area contributed by atoms with Crippen molar-refractivity contribution in [3.05, 3.63) is 28.8 Å². The van der Waals surface area contributed by atoms with Crippen LogP contribution in [0.5, 0.6) is 5.75 Å². The summed E-state index contributed by atoms with van der Waals surface area (Å²) >= 11 is 5.97. The molecule has 0 aromatic heterocycles. The van der Waals surface area contributed by atoms with Crippen molar-refractivity contribution in [1.29, 1.82) is 0 Å². The van der Waals surface area contributed by atoms with Crippen LogP contribution in [0.4, 0.5) is 0 Å². The molecule has 1 atom stereocenters. The second-order valence-corrected chi connectivity index (χ2v) is 6.91. The zero-order valence-corrected chi connectivity index (χ0v) is 16.5. The van der Waals surface area contributed by atoms with E-state index in [0.717, 1.165) is 38.9 Å². The average molecular weight is 404 g/mol. The molecule has 1 unspecified atom stereocenters. The van der Waals surface area contributed by atoms with Crippen molar-refractivity contribution >= 4 is 35.7 Å². The molecule has 1 fully saturated rings. The molecule has 1 aliphatic rings. The van der Waals surface area contributed by atoms with Crippen molar-refractivity contribution in [3.8, 4) is 5.75 Å². The van der Waals surface area contributed by atoms with Crippen molar-refractivity contribution in [3.63, 3.8) is 0 Å². The van der Waals surface area contributed by atoms with Crippen LogP contribution in [0, 0.1) is 5.92 Å². The average Bonchev–Trinajstić information content (AvgIpc) is 2.61. The second kappa shape index (κ2) is 10.7. The largest absolute Gasteiger partial charge is 0.496 e. The van der Waals surface area contributed by atoms with E-state index in [1.807, 2.05) is 0 Å². The lowest BCUT2D eigenvalue weighted by molar-refractivity contribution is -0.123. The summed E-state index contributed by atoms with van der Waals surface area (Å²) in [6.45, 7) is 2.58. The number of halogens is 2. The Bertz CT molecular complexity index is 620. The van der Waals surface area contributed by atoms with E-state index >= 15 is 0 Å². The minimum atomic E-state index is -0.587. The molecule has 0 bridgehead atoms. The SMILES string of the molecule is COc1ccc(Cl)cc1C(=O)C(N)CCCN1CCC(C(N)=O)CC1.Cl. The van der Waals surface area contributed by atoms with Gasteiger partial charge in [-0.15, -0.1) is 12.4 Å². The Balaban J connectivity index is 0.00000338. The molecule has 1 aromatic rings. The standard InChI is InChI=1S/C18H26ClN3O3.ClH/c1-25-16-5-4-13(19)11-14(16)17(23)15(20)3-2-8-22-9-6-12(7-10-22)18(21)24;/h4-5,11-12,15H,2-3,6-10,20H2,1H3,(H2,21,24);1H. The summed E-state index contributed by atoms with van der Waals surface area (Å²) in [5.74, 6) is 0.114. The third-order valence-corrected chi connectivity index (χ3v) is 4.98. The van der Waals surface area contributed by atoms with Gasteiger partial charge in [-0.2, -0.15) is 0 Å². The summed E-state index contributed by atoms with van der Waals surface area (Å²) in [7, 11) is 1.52. The number of piperidine rings is 1. The molecule has 26 heavy (non-hydrogen) atoms. The predicted molar refractivity (Wildman–Crippen MR) is 105 cm³/mol. The number of nitrogens with zero attached hydrogens (tertiary/aromatic N) is 1. The van der Waals surface area contributed by atoms with E-state index in [1.165, 1.54) is 7.11 Å². The summed E-state index contributed by atoms with van der Waals surface area (Å²) < 4.78 is 5.22. The van der Waals surface area contributed by atoms with Crippen LogP contribution in [0.3, 0.4) is 0 Å². The van der Waals surface area contributed by atoms with Gasteiger partial charge in [0, 0.05) is 10.9 Å². The number of methoxy groups -OCH3 is 1. The van der Waals surface area contributed by atoms with Gasteiger partial charge < -0.3 is 21.1 Å². The number of nitrogens with two attached hydrogens (primary N) is 2. The number of amides is 1. The number of likely N-dealkylation sites (tertiary alicyclic amines) is 1. The van der Waals surface area contributed by atoms with Crippen LogP contribution in [0.1, 0.15) is 36.0 Å². The van der Waals surface area contributed by atoms with Crippen molar-refractivity contribution < 1.29 is 14.3 Å². The van der Waals surface area contributed by atoms with E-state index in [-0.39, 0.29) is 30.0 Å². The van der Waals surface area contributed by atoms with Crippen molar-refractivity contribution in [1.82, 2.24) is 4.90 Å². The van der Waals surface area contributed by atoms with E-state index < -0.39 is 6.04 Å². The molecule has 2 rings (SSSR count). The lowest BCUT2D eigenvalue weighted by Gasteiger charge is -2.30. The third kappa shape index (κ3) is 6.13. The maximum Gasteiger partial charge on any atom is 0.220 e. The molecule has 8 heteroatoms. The molecule has 4 N–H and O–H groups in total. The first kappa shape index (κ1) is 22.7. The maximum atomic E-state index is 12.5. The van der Waals surface area contributed by atoms with Crippen LogP contribution in [0.15, 0.2) is 18.2 Å². The van der Waals surface area contributed by atoms with E-state index in [2.05, 4.69) is 4.90 Å². The van der Waals surface area contributed by atoms with Gasteiger partial charge in [-0.1, -0.05) is 11.6 Å². The number of carbonyl (C=O) groups excluding carboxylic acids is 2. The molecule has 1 heterocycles. The summed E-state index contributed by atoms with van der Waals surface area (Å²) in [6, 6.07) is 4.36. The van der Waals surface area contributed by atoms with Crippen molar-refractivity contribution in [2.24, 2.45) is 17.4 Å². The maximum absolute atomic E-state index is 12.5. The Hall–Kier alpha value is -1.34. The lowest BCUT2D eigenvalue weighted by atomic mass is 9.95. The van der Waals surface area contributed by atoms with Gasteiger partial charge in [-0.25, -0.2) is 0 Å². The Labute approximate surface area is 165 Å². The summed E-state index contributed by atoms with van der Waals surface area (Å²) in [5.41, 5.74) is 11.8. The summed E-state index contributed by atoms with van der Waals surface area (Å²) in [4.78, 5) is 26.0. The van der Waals surface area contributed by atoms with Crippen LogP contribution in [0.25, 0.3) is 0 Å². The number of hydrogen-bond acceptors (Lipinski definition) is 5. The Morgan fingerprint density at radius 1 is 1.35 bits per heavy atom. The molecule has 6 nitrogen and oxygen atoms in total. The molecule has 1 aliphatic heterocycles. The van der Waals surface area contributed by atoms with E-state index in [9.17, 15) is 9.59 Å². The second-order valence-electron chi connectivity index (χ2n) is 6.48. The number of carbonyl (C=O) groups is 2. The number of ketones is 1. The first-order valence-electron chi connectivity index (χ1n) is 8.57. The van der Waals surface area contributed by atoms with Crippen molar-refractivity contribution in [2.45, 2.75) is 31.7 Å². The van der Waals surface area contributed by atoms with Crippen LogP contribution in [-0.2, 0) is 4.79 Å². The Morgan fingerprint density at radius 2 is 2.00 bits per heavy atom. The molecular weight excluding hydrogens is 377 g/mol. The molecule has 1 saturated heterocycles. The Kier molecular flexibility index (Phi) is 9.36. The molecule has 0 radical (unpaired) electrons. The Morgan fingerprint density at radius 3 is 2.58 bits per heavy atom. The van der Waals surface area contributed by atoms with Gasteiger partial charge in [-0.05, 0) is 63.5 Å². The van der Waals surface area contributed by atoms with Gasteiger partial charge in [0.25, 0.3) is 0 Å². The number of hydrogen-bond donors (Lipinski definition) is 2. The number of primary amides is 1. The zero-order chi connectivity index (χ0) is 18.4. The number of Topliss-reactive ketones (excluding diaryl/α,β-unsaturated/α-hetero) is 1. The van der Waals surface area contributed by atoms with Crippen LogP contribution in [0.2, 0.25) is 5.02 Å². The fourth-order valence-corrected chi connectivity index (χ4v) is 3.35. The molecular formula is C18H27Cl2N3O3. The van der Waals surface area contributed by atoms with Gasteiger partial charge >= 0.3 is 0 Å². The molecule has 0 saturated carbocycles. The normalized spacial score (nSPS) is 16.6. The van der Waals surface area contributed by atoms with Crippen LogP contribution >= 0.6 is 24.0 Å². The van der Waals surface area contributed by atoms with Gasteiger partial charge in [0.05, 0.1) is 18.7 Å². The van der Waals surface area contributed by atoms with Crippen molar-refractivity contribution in [2.75, 3.05) is 26.7 Å². The molecule has 0 aliphatic carbocycles. The molecule has 146 valence electrons. The van der Waals surface area contributed by atoms with Gasteiger partial charge in [0.2, 0.25) is 5.91 Å². The highest BCUT2D eigenvalue weighted by Crippen LogP contribution is 2.24. The molecule has 0 spiro atoms. The lowest BCUT2D eigenvalue weighted by Crippen LogP contribution is -2.39. The summed E-state index contributed by atoms with van der Waals surface area (Å²) in [5, 5.41) is 0.480. The predicted octanol–water partition coefficient (Wildman–Crippen LogP) is 2.26. The quantitative estimate of drug-likeness (QED) is 0.648. The third-order valence-electron chi connectivity index (χ3n) is 4.74. The van der Waals surface area contributed by atoms with E-state index in [1.54, 1.807) is 18.2 Å². The minimum absolute atomic E-state index is 0. The first-order chi connectivity index (χ1) is 11.9. The summed E-state index contributed by atoms with van der Waals surface area (Å²) in [6.07, 6.45) is 3.02.